The minimum absolute atomic E-state index is 0.247. The number of hydrogen-bond donors (Lipinski definition) is 0. The molecule has 0 bridgehead atoms. The monoisotopic (exact) mass is 257 g/mol. The van der Waals surface area contributed by atoms with Crippen molar-refractivity contribution < 1.29 is 9.13 Å². The lowest BCUT2D eigenvalue weighted by atomic mass is 9.98. The van der Waals surface area contributed by atoms with Gasteiger partial charge >= 0.3 is 0 Å². The molecule has 0 aromatic heterocycles. The highest BCUT2D eigenvalue weighted by atomic mass is 35.5. The summed E-state index contributed by atoms with van der Waals surface area (Å²) in [5, 5.41) is 0.482. The summed E-state index contributed by atoms with van der Waals surface area (Å²) < 4.78 is 18.3. The summed E-state index contributed by atoms with van der Waals surface area (Å²) in [7, 11) is 1.71. The molecule has 1 aromatic carbocycles. The number of methoxy groups -OCH3 is 1. The second-order valence-electron chi connectivity index (χ2n) is 4.48. The Kier molecular flexibility index (Phi) is 4.37. The molecule has 1 aliphatic heterocycles. The average Bonchev–Trinajstić information content (AvgIpc) is 2.73. The van der Waals surface area contributed by atoms with E-state index >= 15 is 0 Å². The van der Waals surface area contributed by atoms with Gasteiger partial charge in [-0.2, -0.15) is 0 Å². The summed E-state index contributed by atoms with van der Waals surface area (Å²) in [5.74, 6) is 0.142. The molecule has 0 radical (unpaired) electrons. The Hall–Kier alpha value is -0.640. The first-order chi connectivity index (χ1) is 8.19. The predicted octanol–water partition coefficient (Wildman–Crippen LogP) is 2.91. The second-order valence-corrected chi connectivity index (χ2v) is 4.92. The maximum Gasteiger partial charge on any atom is 0.124 e. The molecule has 17 heavy (non-hydrogen) atoms. The van der Waals surface area contributed by atoms with E-state index < -0.39 is 0 Å². The van der Waals surface area contributed by atoms with E-state index in [1.54, 1.807) is 13.2 Å². The molecule has 94 valence electrons. The van der Waals surface area contributed by atoms with Crippen LogP contribution in [0.3, 0.4) is 0 Å². The molecule has 2 nitrogen and oxygen atoms in total. The Balaban J connectivity index is 1.99. The van der Waals surface area contributed by atoms with Crippen LogP contribution in [-0.2, 0) is 4.74 Å². The van der Waals surface area contributed by atoms with Gasteiger partial charge in [-0.25, -0.2) is 4.39 Å². The van der Waals surface area contributed by atoms with E-state index in [2.05, 4.69) is 4.90 Å². The van der Waals surface area contributed by atoms with E-state index in [4.69, 9.17) is 16.3 Å². The first-order valence-corrected chi connectivity index (χ1v) is 6.24. The van der Waals surface area contributed by atoms with Gasteiger partial charge in [-0.3, -0.25) is 0 Å². The molecule has 2 rings (SSSR count). The summed E-state index contributed by atoms with van der Waals surface area (Å²) in [6.45, 7) is 3.69. The van der Waals surface area contributed by atoms with Crippen LogP contribution in [0.15, 0.2) is 18.2 Å². The Morgan fingerprint density at radius 3 is 3.00 bits per heavy atom. The summed E-state index contributed by atoms with van der Waals surface area (Å²) in [6, 6.07) is 4.81. The first-order valence-electron chi connectivity index (χ1n) is 5.86. The van der Waals surface area contributed by atoms with E-state index in [0.717, 1.165) is 38.2 Å². The Bertz CT molecular complexity index is 365. The minimum Gasteiger partial charge on any atom is -0.383 e. The lowest BCUT2D eigenvalue weighted by Gasteiger charge is -2.15. The van der Waals surface area contributed by atoms with Gasteiger partial charge in [0, 0.05) is 25.2 Å². The maximum absolute atomic E-state index is 13.3. The average molecular weight is 258 g/mol. The van der Waals surface area contributed by atoms with Gasteiger partial charge in [0.2, 0.25) is 0 Å². The fraction of sp³-hybridized carbons (Fsp3) is 0.538. The van der Waals surface area contributed by atoms with Crippen molar-refractivity contribution in [1.82, 2.24) is 4.90 Å². The zero-order chi connectivity index (χ0) is 12.3. The van der Waals surface area contributed by atoms with Crippen LogP contribution in [0.4, 0.5) is 4.39 Å². The maximum atomic E-state index is 13.3. The molecule has 1 aromatic rings. The van der Waals surface area contributed by atoms with Gasteiger partial charge in [0.1, 0.15) is 5.82 Å². The topological polar surface area (TPSA) is 12.5 Å². The summed E-state index contributed by atoms with van der Waals surface area (Å²) >= 11 is 5.87. The Labute approximate surface area is 106 Å². The van der Waals surface area contributed by atoms with Gasteiger partial charge in [-0.1, -0.05) is 11.6 Å². The highest BCUT2D eigenvalue weighted by Gasteiger charge is 2.23. The van der Waals surface area contributed by atoms with Crippen molar-refractivity contribution in [3.63, 3.8) is 0 Å². The van der Waals surface area contributed by atoms with Crippen LogP contribution in [0.2, 0.25) is 5.02 Å². The van der Waals surface area contributed by atoms with Crippen molar-refractivity contribution in [2.75, 3.05) is 33.4 Å². The van der Waals surface area contributed by atoms with Crippen LogP contribution in [0.25, 0.3) is 0 Å². The SMILES string of the molecule is COCCN1CCC(c2cc(F)cc(Cl)c2)C1. The molecular formula is C13H17ClFNO. The molecule has 1 aliphatic rings. The quantitative estimate of drug-likeness (QED) is 0.822. The molecule has 0 aliphatic carbocycles. The van der Waals surface area contributed by atoms with Crippen LogP contribution in [-0.4, -0.2) is 38.3 Å². The third-order valence-corrected chi connectivity index (χ3v) is 3.46. The number of ether oxygens (including phenoxy) is 1. The fourth-order valence-corrected chi connectivity index (χ4v) is 2.57. The van der Waals surface area contributed by atoms with Crippen LogP contribution in [0.5, 0.6) is 0 Å². The molecule has 1 heterocycles. The minimum atomic E-state index is -0.247. The number of rotatable bonds is 4. The van der Waals surface area contributed by atoms with Gasteiger partial charge in [0.05, 0.1) is 6.61 Å². The van der Waals surface area contributed by atoms with Crippen molar-refractivity contribution in [2.45, 2.75) is 12.3 Å². The molecule has 4 heteroatoms. The van der Waals surface area contributed by atoms with Gasteiger partial charge in [-0.05, 0) is 42.6 Å². The number of likely N-dealkylation sites (tertiary alicyclic amines) is 1. The summed E-state index contributed by atoms with van der Waals surface area (Å²) in [4.78, 5) is 2.34. The van der Waals surface area contributed by atoms with E-state index in [9.17, 15) is 4.39 Å². The lowest BCUT2D eigenvalue weighted by Crippen LogP contribution is -2.24. The fourth-order valence-electron chi connectivity index (χ4n) is 2.34. The number of benzene rings is 1. The first kappa shape index (κ1) is 12.8. The molecule has 0 amide bonds. The molecule has 1 saturated heterocycles. The Morgan fingerprint density at radius 2 is 2.29 bits per heavy atom. The molecular weight excluding hydrogens is 241 g/mol. The van der Waals surface area contributed by atoms with Crippen molar-refractivity contribution in [2.24, 2.45) is 0 Å². The normalized spacial score (nSPS) is 21.0. The second kappa shape index (κ2) is 5.80. The van der Waals surface area contributed by atoms with Crippen molar-refractivity contribution in [3.8, 4) is 0 Å². The number of nitrogens with zero attached hydrogens (tertiary/aromatic N) is 1. The highest BCUT2D eigenvalue weighted by Crippen LogP contribution is 2.29. The Morgan fingerprint density at radius 1 is 1.47 bits per heavy atom. The smallest absolute Gasteiger partial charge is 0.124 e. The van der Waals surface area contributed by atoms with Crippen LogP contribution < -0.4 is 0 Å². The van der Waals surface area contributed by atoms with Gasteiger partial charge in [-0.15, -0.1) is 0 Å². The zero-order valence-corrected chi connectivity index (χ0v) is 10.7. The number of halogens is 2. The third kappa shape index (κ3) is 3.41. The third-order valence-electron chi connectivity index (χ3n) is 3.24. The molecule has 1 fully saturated rings. The highest BCUT2D eigenvalue weighted by molar-refractivity contribution is 6.30. The largest absolute Gasteiger partial charge is 0.383 e. The standard InChI is InChI=1S/C13H17ClFNO/c1-17-5-4-16-3-2-10(9-16)11-6-12(14)8-13(15)7-11/h6-8,10H,2-5,9H2,1H3. The van der Waals surface area contributed by atoms with Crippen molar-refractivity contribution in [1.29, 1.82) is 0 Å². The zero-order valence-electron chi connectivity index (χ0n) is 9.96. The van der Waals surface area contributed by atoms with Crippen LogP contribution in [0, 0.1) is 5.82 Å². The molecule has 0 N–H and O–H groups in total. The lowest BCUT2D eigenvalue weighted by molar-refractivity contribution is 0.160. The van der Waals surface area contributed by atoms with Crippen molar-refractivity contribution >= 4 is 11.6 Å². The number of hydrogen-bond acceptors (Lipinski definition) is 2. The van der Waals surface area contributed by atoms with Gasteiger partial charge < -0.3 is 9.64 Å². The molecule has 0 saturated carbocycles. The molecule has 0 spiro atoms. The summed E-state index contributed by atoms with van der Waals surface area (Å²) in [6.07, 6.45) is 1.06. The molecule has 1 unspecified atom stereocenters. The van der Waals surface area contributed by atoms with E-state index in [1.165, 1.54) is 6.07 Å². The van der Waals surface area contributed by atoms with Crippen LogP contribution in [0.1, 0.15) is 17.9 Å². The van der Waals surface area contributed by atoms with E-state index in [1.807, 2.05) is 6.07 Å². The van der Waals surface area contributed by atoms with Crippen LogP contribution >= 0.6 is 11.6 Å². The van der Waals surface area contributed by atoms with Gasteiger partial charge in [0.25, 0.3) is 0 Å². The van der Waals surface area contributed by atoms with Gasteiger partial charge in [0.15, 0.2) is 0 Å². The van der Waals surface area contributed by atoms with Crippen molar-refractivity contribution in [3.05, 3.63) is 34.6 Å². The summed E-state index contributed by atoms with van der Waals surface area (Å²) in [5.41, 5.74) is 1.01. The predicted molar refractivity (Wildman–Crippen MR) is 67.1 cm³/mol. The molecule has 1 atom stereocenters. The van der Waals surface area contributed by atoms with E-state index in [0.29, 0.717) is 10.9 Å². The van der Waals surface area contributed by atoms with E-state index in [-0.39, 0.29) is 5.82 Å².